The number of carbonyl (C=O) groups is 2. The van der Waals surface area contributed by atoms with Crippen molar-refractivity contribution >= 4 is 11.8 Å². The molecule has 1 atom stereocenters. The van der Waals surface area contributed by atoms with Crippen molar-refractivity contribution in [2.75, 3.05) is 19.7 Å². The van der Waals surface area contributed by atoms with Gasteiger partial charge in [-0.05, 0) is 25.3 Å². The molecule has 1 heterocycles. The molecule has 22 heavy (non-hydrogen) atoms. The SMILES string of the molecule is CC(=O)N(CC(=O)NCc1ccc(C)cc1)CC1CCCO1. The highest BCUT2D eigenvalue weighted by Gasteiger charge is 2.22. The number of nitrogens with zero attached hydrogens (tertiary/aromatic N) is 1. The van der Waals surface area contributed by atoms with E-state index < -0.39 is 0 Å². The van der Waals surface area contributed by atoms with E-state index in [1.807, 2.05) is 31.2 Å². The van der Waals surface area contributed by atoms with Crippen LogP contribution < -0.4 is 5.32 Å². The van der Waals surface area contributed by atoms with Crippen molar-refractivity contribution in [3.8, 4) is 0 Å². The molecule has 1 unspecified atom stereocenters. The zero-order valence-corrected chi connectivity index (χ0v) is 13.3. The first kappa shape index (κ1) is 16.5. The average molecular weight is 304 g/mol. The molecule has 0 spiro atoms. The molecule has 5 heteroatoms. The predicted octanol–water partition coefficient (Wildman–Crippen LogP) is 1.64. The first-order valence-electron chi connectivity index (χ1n) is 7.74. The van der Waals surface area contributed by atoms with Crippen molar-refractivity contribution in [3.63, 3.8) is 0 Å². The van der Waals surface area contributed by atoms with Crippen LogP contribution in [0.1, 0.15) is 30.9 Å². The molecule has 5 nitrogen and oxygen atoms in total. The summed E-state index contributed by atoms with van der Waals surface area (Å²) in [4.78, 5) is 25.3. The Hall–Kier alpha value is -1.88. The second kappa shape index (κ2) is 7.94. The van der Waals surface area contributed by atoms with Crippen molar-refractivity contribution in [2.45, 2.75) is 39.3 Å². The van der Waals surface area contributed by atoms with E-state index in [1.165, 1.54) is 12.5 Å². The molecule has 0 aromatic heterocycles. The number of hydrogen-bond acceptors (Lipinski definition) is 3. The molecule has 1 aromatic carbocycles. The topological polar surface area (TPSA) is 58.6 Å². The Kier molecular flexibility index (Phi) is 5.95. The Labute approximate surface area is 131 Å². The van der Waals surface area contributed by atoms with Gasteiger partial charge in [0, 0.05) is 26.6 Å². The molecule has 1 fully saturated rings. The van der Waals surface area contributed by atoms with Gasteiger partial charge in [-0.3, -0.25) is 9.59 Å². The van der Waals surface area contributed by atoms with Crippen LogP contribution >= 0.6 is 0 Å². The van der Waals surface area contributed by atoms with Gasteiger partial charge in [0.15, 0.2) is 0 Å². The Morgan fingerprint density at radius 3 is 2.64 bits per heavy atom. The summed E-state index contributed by atoms with van der Waals surface area (Å²) in [5.74, 6) is -0.241. The third-order valence-electron chi connectivity index (χ3n) is 3.84. The number of aryl methyl sites for hydroxylation is 1. The fraction of sp³-hybridized carbons (Fsp3) is 0.529. The zero-order valence-electron chi connectivity index (χ0n) is 13.3. The highest BCUT2D eigenvalue weighted by atomic mass is 16.5. The van der Waals surface area contributed by atoms with Crippen LogP contribution in [0.15, 0.2) is 24.3 Å². The Balaban J connectivity index is 1.79. The minimum absolute atomic E-state index is 0.0637. The molecular weight excluding hydrogens is 280 g/mol. The molecule has 0 bridgehead atoms. The standard InChI is InChI=1S/C17H24N2O3/c1-13-5-7-15(8-6-13)10-18-17(21)12-19(14(2)20)11-16-4-3-9-22-16/h5-8,16H,3-4,9-12H2,1-2H3,(H,18,21). The van der Waals surface area contributed by atoms with Crippen LogP contribution in [0.2, 0.25) is 0 Å². The van der Waals surface area contributed by atoms with E-state index in [0.717, 1.165) is 25.0 Å². The van der Waals surface area contributed by atoms with Gasteiger partial charge in [-0.25, -0.2) is 0 Å². The Bertz CT molecular complexity index is 507. The molecular formula is C17H24N2O3. The van der Waals surface area contributed by atoms with Gasteiger partial charge in [0.25, 0.3) is 0 Å². The largest absolute Gasteiger partial charge is 0.376 e. The number of amides is 2. The quantitative estimate of drug-likeness (QED) is 0.869. The summed E-state index contributed by atoms with van der Waals surface area (Å²) in [5.41, 5.74) is 2.24. The van der Waals surface area contributed by atoms with E-state index >= 15 is 0 Å². The van der Waals surface area contributed by atoms with E-state index in [0.29, 0.717) is 13.1 Å². The summed E-state index contributed by atoms with van der Waals surface area (Å²) in [7, 11) is 0. The van der Waals surface area contributed by atoms with Gasteiger partial charge < -0.3 is 15.0 Å². The van der Waals surface area contributed by atoms with Gasteiger partial charge in [-0.15, -0.1) is 0 Å². The summed E-state index contributed by atoms with van der Waals surface area (Å²) in [5, 5.41) is 2.86. The van der Waals surface area contributed by atoms with Gasteiger partial charge in [0.05, 0.1) is 12.6 Å². The van der Waals surface area contributed by atoms with Crippen molar-refractivity contribution in [3.05, 3.63) is 35.4 Å². The monoisotopic (exact) mass is 304 g/mol. The molecule has 0 aliphatic carbocycles. The summed E-state index contributed by atoms with van der Waals surface area (Å²) in [6.07, 6.45) is 2.04. The minimum atomic E-state index is -0.145. The molecule has 1 N–H and O–H groups in total. The van der Waals surface area contributed by atoms with Crippen LogP contribution in [0.25, 0.3) is 0 Å². The molecule has 1 aliphatic rings. The lowest BCUT2D eigenvalue weighted by Gasteiger charge is -2.23. The number of rotatable bonds is 6. The van der Waals surface area contributed by atoms with E-state index in [2.05, 4.69) is 5.32 Å². The van der Waals surface area contributed by atoms with Crippen molar-refractivity contribution in [2.24, 2.45) is 0 Å². The third-order valence-corrected chi connectivity index (χ3v) is 3.84. The van der Waals surface area contributed by atoms with Gasteiger partial charge in [0.1, 0.15) is 0 Å². The highest BCUT2D eigenvalue weighted by molar-refractivity contribution is 5.83. The van der Waals surface area contributed by atoms with Gasteiger partial charge in [-0.1, -0.05) is 29.8 Å². The first-order chi connectivity index (χ1) is 10.5. The average Bonchev–Trinajstić information content (AvgIpc) is 2.99. The zero-order chi connectivity index (χ0) is 15.9. The van der Waals surface area contributed by atoms with Crippen LogP contribution in [0.4, 0.5) is 0 Å². The Morgan fingerprint density at radius 2 is 2.05 bits per heavy atom. The Morgan fingerprint density at radius 1 is 1.32 bits per heavy atom. The lowest BCUT2D eigenvalue weighted by atomic mass is 10.1. The second-order valence-corrected chi connectivity index (χ2v) is 5.80. The van der Waals surface area contributed by atoms with Crippen molar-refractivity contribution in [1.82, 2.24) is 10.2 Å². The summed E-state index contributed by atoms with van der Waals surface area (Å²) >= 11 is 0. The fourth-order valence-corrected chi connectivity index (χ4v) is 2.47. The molecule has 1 aliphatic heterocycles. The highest BCUT2D eigenvalue weighted by Crippen LogP contribution is 2.13. The van der Waals surface area contributed by atoms with E-state index in [-0.39, 0.29) is 24.5 Å². The van der Waals surface area contributed by atoms with Gasteiger partial charge >= 0.3 is 0 Å². The first-order valence-corrected chi connectivity index (χ1v) is 7.74. The third kappa shape index (κ3) is 5.15. The van der Waals surface area contributed by atoms with E-state index in [4.69, 9.17) is 4.74 Å². The number of nitrogens with one attached hydrogen (secondary N) is 1. The number of hydrogen-bond donors (Lipinski definition) is 1. The lowest BCUT2D eigenvalue weighted by molar-refractivity contribution is -0.135. The van der Waals surface area contributed by atoms with Crippen molar-refractivity contribution < 1.29 is 14.3 Å². The lowest BCUT2D eigenvalue weighted by Crippen LogP contribution is -2.43. The van der Waals surface area contributed by atoms with Crippen LogP contribution in [-0.2, 0) is 20.9 Å². The summed E-state index contributed by atoms with van der Waals surface area (Å²) in [6.45, 7) is 5.32. The van der Waals surface area contributed by atoms with E-state index in [9.17, 15) is 9.59 Å². The normalized spacial score (nSPS) is 17.3. The fourth-order valence-electron chi connectivity index (χ4n) is 2.47. The molecule has 1 aromatic rings. The minimum Gasteiger partial charge on any atom is -0.376 e. The van der Waals surface area contributed by atoms with Gasteiger partial charge in [0.2, 0.25) is 11.8 Å². The van der Waals surface area contributed by atoms with Crippen molar-refractivity contribution in [1.29, 1.82) is 0 Å². The molecule has 0 saturated carbocycles. The van der Waals surface area contributed by atoms with Crippen LogP contribution in [0.3, 0.4) is 0 Å². The van der Waals surface area contributed by atoms with Crippen LogP contribution in [0, 0.1) is 6.92 Å². The maximum Gasteiger partial charge on any atom is 0.239 e. The van der Waals surface area contributed by atoms with Gasteiger partial charge in [-0.2, -0.15) is 0 Å². The smallest absolute Gasteiger partial charge is 0.239 e. The number of benzene rings is 1. The molecule has 2 rings (SSSR count). The maximum absolute atomic E-state index is 12.0. The molecule has 120 valence electrons. The van der Waals surface area contributed by atoms with Crippen LogP contribution in [-0.4, -0.2) is 42.5 Å². The summed E-state index contributed by atoms with van der Waals surface area (Å²) in [6, 6.07) is 8.01. The van der Waals surface area contributed by atoms with Crippen LogP contribution in [0.5, 0.6) is 0 Å². The maximum atomic E-state index is 12.0. The second-order valence-electron chi connectivity index (χ2n) is 5.80. The van der Waals surface area contributed by atoms with E-state index in [1.54, 1.807) is 4.90 Å². The number of ether oxygens (including phenoxy) is 1. The predicted molar refractivity (Wildman–Crippen MR) is 84.3 cm³/mol. The molecule has 1 saturated heterocycles. The molecule has 0 radical (unpaired) electrons. The number of carbonyl (C=O) groups excluding carboxylic acids is 2. The molecule has 2 amide bonds. The summed E-state index contributed by atoms with van der Waals surface area (Å²) < 4.78 is 5.53.